The van der Waals surface area contributed by atoms with E-state index in [2.05, 4.69) is 10.1 Å². The minimum Gasteiger partial charge on any atom is -0.370 e. The van der Waals surface area contributed by atoms with E-state index in [1.165, 1.54) is 0 Å². The third kappa shape index (κ3) is 2.89. The zero-order valence-electron chi connectivity index (χ0n) is 12.2. The highest BCUT2D eigenvalue weighted by atomic mass is 16.5. The van der Waals surface area contributed by atoms with Crippen molar-refractivity contribution < 1.29 is 9.26 Å². The monoisotopic (exact) mass is 275 g/mol. The summed E-state index contributed by atoms with van der Waals surface area (Å²) in [5.41, 5.74) is 7.44. The van der Waals surface area contributed by atoms with Crippen molar-refractivity contribution in [1.82, 2.24) is 10.1 Å². The molecule has 0 aliphatic carbocycles. The second-order valence-corrected chi connectivity index (χ2v) is 4.95. The molecule has 0 bridgehead atoms. The summed E-state index contributed by atoms with van der Waals surface area (Å²) in [7, 11) is 1.66. The van der Waals surface area contributed by atoms with Gasteiger partial charge in [0.2, 0.25) is 11.7 Å². The van der Waals surface area contributed by atoms with Gasteiger partial charge < -0.3 is 15.0 Å². The molecule has 5 heteroatoms. The van der Waals surface area contributed by atoms with E-state index in [9.17, 15) is 0 Å². The second-order valence-electron chi connectivity index (χ2n) is 4.95. The van der Waals surface area contributed by atoms with E-state index >= 15 is 0 Å². The molecule has 1 heterocycles. The van der Waals surface area contributed by atoms with Gasteiger partial charge >= 0.3 is 0 Å². The summed E-state index contributed by atoms with van der Waals surface area (Å²) in [6, 6.07) is 8.00. The van der Waals surface area contributed by atoms with Crippen LogP contribution in [-0.2, 0) is 23.3 Å². The molecule has 0 fully saturated rings. The average Bonchev–Trinajstić information content (AvgIpc) is 2.96. The first kappa shape index (κ1) is 14.7. The number of ether oxygens (including phenoxy) is 1. The van der Waals surface area contributed by atoms with Crippen molar-refractivity contribution in [3.8, 4) is 0 Å². The molecule has 0 saturated carbocycles. The summed E-state index contributed by atoms with van der Waals surface area (Å²) in [4.78, 5) is 4.45. The zero-order valence-corrected chi connectivity index (χ0v) is 12.2. The Morgan fingerprint density at radius 2 is 2.00 bits per heavy atom. The van der Waals surface area contributed by atoms with E-state index in [-0.39, 0.29) is 0 Å². The topological polar surface area (TPSA) is 74.2 Å². The summed E-state index contributed by atoms with van der Waals surface area (Å²) < 4.78 is 10.8. The van der Waals surface area contributed by atoms with Crippen LogP contribution in [0.3, 0.4) is 0 Å². The first-order chi connectivity index (χ1) is 9.62. The predicted octanol–water partition coefficient (Wildman–Crippen LogP) is 2.39. The van der Waals surface area contributed by atoms with E-state index < -0.39 is 5.60 Å². The highest BCUT2D eigenvalue weighted by Gasteiger charge is 2.30. The lowest BCUT2D eigenvalue weighted by Crippen LogP contribution is -2.24. The Morgan fingerprint density at radius 3 is 2.60 bits per heavy atom. The molecule has 1 aromatic heterocycles. The normalized spacial score (nSPS) is 14.2. The van der Waals surface area contributed by atoms with E-state index in [0.29, 0.717) is 24.7 Å². The Kier molecular flexibility index (Phi) is 4.52. The minimum atomic E-state index is -0.505. The fourth-order valence-electron chi connectivity index (χ4n) is 2.03. The lowest BCUT2D eigenvalue weighted by atomic mass is 10.0. The molecule has 2 N–H and O–H groups in total. The Hall–Kier alpha value is -1.72. The van der Waals surface area contributed by atoms with E-state index in [1.807, 2.05) is 38.1 Å². The molecule has 0 aliphatic heterocycles. The van der Waals surface area contributed by atoms with Crippen molar-refractivity contribution in [2.45, 2.75) is 38.8 Å². The summed E-state index contributed by atoms with van der Waals surface area (Å²) in [6.45, 7) is 4.49. The minimum absolute atomic E-state index is 0.502. The van der Waals surface area contributed by atoms with E-state index in [1.54, 1.807) is 7.11 Å². The van der Waals surface area contributed by atoms with Crippen LogP contribution >= 0.6 is 0 Å². The Morgan fingerprint density at radius 1 is 1.30 bits per heavy atom. The molecule has 2 rings (SSSR count). The number of benzene rings is 1. The van der Waals surface area contributed by atoms with Gasteiger partial charge in [-0.1, -0.05) is 36.3 Å². The number of hydrogen-bond acceptors (Lipinski definition) is 5. The van der Waals surface area contributed by atoms with Crippen LogP contribution < -0.4 is 5.73 Å². The maximum Gasteiger partial charge on any atom is 0.231 e. The molecule has 0 aliphatic rings. The molecule has 1 unspecified atom stereocenters. The molecule has 0 saturated heterocycles. The molecular weight excluding hydrogens is 254 g/mol. The maximum absolute atomic E-state index is 5.74. The third-order valence-corrected chi connectivity index (χ3v) is 3.75. The fraction of sp³-hybridized carbons (Fsp3) is 0.467. The lowest BCUT2D eigenvalue weighted by molar-refractivity contribution is -0.0106. The lowest BCUT2D eigenvalue weighted by Gasteiger charge is -2.21. The van der Waals surface area contributed by atoms with E-state index in [4.69, 9.17) is 15.0 Å². The summed E-state index contributed by atoms with van der Waals surface area (Å²) in [5.74, 6) is 1.17. The second kappa shape index (κ2) is 6.15. The molecule has 0 spiro atoms. The van der Waals surface area contributed by atoms with Crippen molar-refractivity contribution in [3.63, 3.8) is 0 Å². The third-order valence-electron chi connectivity index (χ3n) is 3.75. The number of methoxy groups -OCH3 is 1. The van der Waals surface area contributed by atoms with Crippen LogP contribution in [0.15, 0.2) is 28.8 Å². The predicted molar refractivity (Wildman–Crippen MR) is 76.1 cm³/mol. The van der Waals surface area contributed by atoms with Crippen LogP contribution in [0.2, 0.25) is 0 Å². The quantitative estimate of drug-likeness (QED) is 0.876. The number of nitrogens with two attached hydrogens (primary N) is 1. The molecule has 20 heavy (non-hydrogen) atoms. The molecular formula is C15H21N3O2. The first-order valence-electron chi connectivity index (χ1n) is 6.78. The van der Waals surface area contributed by atoms with Crippen LogP contribution in [0.5, 0.6) is 0 Å². The van der Waals surface area contributed by atoms with Gasteiger partial charge in [0.25, 0.3) is 0 Å². The fourth-order valence-corrected chi connectivity index (χ4v) is 2.03. The van der Waals surface area contributed by atoms with Crippen LogP contribution in [0, 0.1) is 0 Å². The van der Waals surface area contributed by atoms with Gasteiger partial charge in [0.05, 0.1) is 6.42 Å². The zero-order chi connectivity index (χ0) is 14.6. The summed E-state index contributed by atoms with van der Waals surface area (Å²) in [6.07, 6.45) is 1.37. The van der Waals surface area contributed by atoms with Crippen LogP contribution in [0.4, 0.5) is 0 Å². The van der Waals surface area contributed by atoms with Gasteiger partial charge in [-0.25, -0.2) is 0 Å². The SMILES string of the molecule is CCC(C)(OC)c1noc(Cc2ccccc2CN)n1. The smallest absolute Gasteiger partial charge is 0.231 e. The number of nitrogens with zero attached hydrogens (tertiary/aromatic N) is 2. The Labute approximate surface area is 119 Å². The van der Waals surface area contributed by atoms with Crippen LogP contribution in [0.1, 0.15) is 43.1 Å². The van der Waals surface area contributed by atoms with Gasteiger partial charge in [0.1, 0.15) is 5.60 Å². The molecule has 5 nitrogen and oxygen atoms in total. The molecule has 2 aromatic rings. The molecule has 108 valence electrons. The number of aromatic nitrogens is 2. The standard InChI is InChI=1S/C15H21N3O2/c1-4-15(2,19-3)14-17-13(20-18-14)9-11-7-5-6-8-12(11)10-16/h5-8H,4,9-10,16H2,1-3H3. The maximum atomic E-state index is 5.74. The number of rotatable bonds is 6. The van der Waals surface area contributed by atoms with Crippen molar-refractivity contribution in [2.75, 3.05) is 7.11 Å². The molecule has 0 radical (unpaired) electrons. The molecule has 1 atom stereocenters. The van der Waals surface area contributed by atoms with Crippen molar-refractivity contribution in [1.29, 1.82) is 0 Å². The molecule has 0 amide bonds. The van der Waals surface area contributed by atoms with Crippen LogP contribution in [-0.4, -0.2) is 17.3 Å². The van der Waals surface area contributed by atoms with Crippen molar-refractivity contribution >= 4 is 0 Å². The van der Waals surface area contributed by atoms with Crippen LogP contribution in [0.25, 0.3) is 0 Å². The Bertz CT molecular complexity index is 562. The van der Waals surface area contributed by atoms with Crippen molar-refractivity contribution in [2.24, 2.45) is 5.73 Å². The van der Waals surface area contributed by atoms with Crippen molar-refractivity contribution in [3.05, 3.63) is 47.1 Å². The Balaban J connectivity index is 2.22. The average molecular weight is 275 g/mol. The number of hydrogen-bond donors (Lipinski definition) is 1. The van der Waals surface area contributed by atoms with Gasteiger partial charge in [-0.3, -0.25) is 0 Å². The summed E-state index contributed by atoms with van der Waals surface area (Å²) in [5, 5.41) is 4.04. The highest BCUT2D eigenvalue weighted by molar-refractivity contribution is 5.29. The van der Waals surface area contributed by atoms with Gasteiger partial charge in [-0.05, 0) is 24.5 Å². The molecule has 1 aromatic carbocycles. The van der Waals surface area contributed by atoms with Gasteiger partial charge in [-0.2, -0.15) is 4.98 Å². The summed E-state index contributed by atoms with van der Waals surface area (Å²) >= 11 is 0. The van der Waals surface area contributed by atoms with E-state index in [0.717, 1.165) is 17.5 Å². The van der Waals surface area contributed by atoms with Gasteiger partial charge in [0, 0.05) is 13.7 Å². The van der Waals surface area contributed by atoms with Gasteiger partial charge in [0.15, 0.2) is 0 Å². The highest BCUT2D eigenvalue weighted by Crippen LogP contribution is 2.26. The van der Waals surface area contributed by atoms with Gasteiger partial charge in [-0.15, -0.1) is 0 Å². The largest absolute Gasteiger partial charge is 0.370 e. The first-order valence-corrected chi connectivity index (χ1v) is 6.78.